The number of anilines is 1. The van der Waals surface area contributed by atoms with Gasteiger partial charge in [-0.05, 0) is 102 Å². The van der Waals surface area contributed by atoms with E-state index in [0.717, 1.165) is 31.4 Å². The van der Waals surface area contributed by atoms with Gasteiger partial charge in [-0.1, -0.05) is 71.5 Å². The average Bonchev–Trinajstić information content (AvgIpc) is 3.38. The number of benzene rings is 4. The molecule has 0 fully saturated rings. The summed E-state index contributed by atoms with van der Waals surface area (Å²) in [6.45, 7) is 6.17. The number of aryl methyl sites for hydroxylation is 2. The maximum absolute atomic E-state index is 14.3. The summed E-state index contributed by atoms with van der Waals surface area (Å²) >= 11 is 3.51. The van der Waals surface area contributed by atoms with E-state index in [1.54, 1.807) is 18.8 Å². The first-order valence-corrected chi connectivity index (χ1v) is 17.2. The van der Waals surface area contributed by atoms with Crippen LogP contribution in [0.25, 0.3) is 6.08 Å². The molecule has 0 saturated carbocycles. The van der Waals surface area contributed by atoms with Gasteiger partial charge in [0, 0.05) is 5.69 Å². The number of nitrogens with zero attached hydrogens (tertiary/aromatic N) is 2. The third-order valence-corrected chi connectivity index (χ3v) is 9.89. The highest BCUT2D eigenvalue weighted by Gasteiger charge is 2.32. The molecule has 4 aromatic carbocycles. The number of amides is 1. The molecule has 10 heteroatoms. The second-order valence-corrected chi connectivity index (χ2v) is 13.6. The largest absolute Gasteiger partial charge is 0.497 e. The predicted molar refractivity (Wildman–Crippen MR) is 198 cm³/mol. The molecule has 1 amide bonds. The Labute approximate surface area is 296 Å². The van der Waals surface area contributed by atoms with Gasteiger partial charge in [-0.15, -0.1) is 0 Å². The van der Waals surface area contributed by atoms with Gasteiger partial charge in [0.2, 0.25) is 0 Å². The fourth-order valence-electron chi connectivity index (χ4n) is 5.70. The third kappa shape index (κ3) is 6.81. The lowest BCUT2D eigenvalue weighted by molar-refractivity contribution is -0.113. The van der Waals surface area contributed by atoms with Gasteiger partial charge in [0.15, 0.2) is 16.3 Å². The van der Waals surface area contributed by atoms with E-state index < -0.39 is 6.04 Å². The van der Waals surface area contributed by atoms with Gasteiger partial charge in [-0.25, -0.2) is 4.99 Å². The second kappa shape index (κ2) is 14.2. The molecule has 1 atom stereocenters. The highest BCUT2D eigenvalue weighted by molar-refractivity contribution is 14.1. The lowest BCUT2D eigenvalue weighted by atomic mass is 9.95. The van der Waals surface area contributed by atoms with Crippen LogP contribution in [0.5, 0.6) is 17.2 Å². The van der Waals surface area contributed by atoms with Crippen LogP contribution in [-0.2, 0) is 11.4 Å². The van der Waals surface area contributed by atoms with Crippen molar-refractivity contribution in [3.63, 3.8) is 0 Å². The van der Waals surface area contributed by atoms with Crippen LogP contribution in [0, 0.1) is 17.4 Å². The number of hydrogen-bond acceptors (Lipinski definition) is 7. The minimum Gasteiger partial charge on any atom is -0.497 e. The molecular weight excluding hydrogens is 737 g/mol. The standard InChI is InChI=1S/C38H34IN3O5S/c1-22-11-16-30(23(2)17-22)41-36(43)33-24(3)40-38-42(34(33)27-12-14-28(45-4)15-13-27)37(44)32(48-38)20-26-18-29(39)35(31(19-26)46-5)47-21-25-9-7-6-8-10-25/h6-20,34H,21H2,1-5H3,(H,41,43)/b32-20+/t34-/m1/s1. The van der Waals surface area contributed by atoms with E-state index in [1.165, 1.54) is 11.3 Å². The Morgan fingerprint density at radius 2 is 1.73 bits per heavy atom. The fraction of sp³-hybridized carbons (Fsp3) is 0.184. The number of methoxy groups -OCH3 is 2. The molecule has 8 nitrogen and oxygen atoms in total. The van der Waals surface area contributed by atoms with Crippen molar-refractivity contribution in [1.29, 1.82) is 0 Å². The van der Waals surface area contributed by atoms with E-state index in [0.29, 0.717) is 50.1 Å². The smallest absolute Gasteiger partial charge is 0.271 e. The van der Waals surface area contributed by atoms with Crippen LogP contribution in [0.2, 0.25) is 0 Å². The number of fused-ring (bicyclic) bond motifs is 1. The zero-order valence-corrected chi connectivity index (χ0v) is 30.1. The number of carbonyl (C=O) groups is 1. The van der Waals surface area contributed by atoms with E-state index in [9.17, 15) is 9.59 Å². The van der Waals surface area contributed by atoms with Gasteiger partial charge in [-0.3, -0.25) is 14.2 Å². The molecule has 6 rings (SSSR count). The molecule has 5 aromatic rings. The monoisotopic (exact) mass is 771 g/mol. The van der Waals surface area contributed by atoms with E-state index >= 15 is 0 Å². The van der Waals surface area contributed by atoms with Crippen LogP contribution in [0.3, 0.4) is 0 Å². The van der Waals surface area contributed by atoms with Crippen LogP contribution in [-0.4, -0.2) is 24.7 Å². The van der Waals surface area contributed by atoms with Crippen molar-refractivity contribution in [2.45, 2.75) is 33.4 Å². The van der Waals surface area contributed by atoms with Crippen LogP contribution in [0.1, 0.15) is 40.8 Å². The first-order chi connectivity index (χ1) is 23.2. The Morgan fingerprint density at radius 1 is 0.979 bits per heavy atom. The molecule has 0 spiro atoms. The van der Waals surface area contributed by atoms with Gasteiger partial charge < -0.3 is 19.5 Å². The van der Waals surface area contributed by atoms with Crippen molar-refractivity contribution >= 4 is 51.6 Å². The molecule has 0 saturated heterocycles. The number of allylic oxidation sites excluding steroid dienone is 1. The molecule has 1 N–H and O–H groups in total. The molecule has 2 heterocycles. The van der Waals surface area contributed by atoms with E-state index in [4.69, 9.17) is 19.2 Å². The molecule has 1 aliphatic rings. The van der Waals surface area contributed by atoms with Crippen molar-refractivity contribution in [3.8, 4) is 17.2 Å². The van der Waals surface area contributed by atoms with Crippen molar-refractivity contribution < 1.29 is 19.0 Å². The number of hydrogen-bond donors (Lipinski definition) is 1. The highest BCUT2D eigenvalue weighted by atomic mass is 127. The third-order valence-electron chi connectivity index (χ3n) is 8.10. The average molecular weight is 772 g/mol. The first kappa shape index (κ1) is 33.2. The summed E-state index contributed by atoms with van der Waals surface area (Å²) in [5, 5.41) is 3.07. The minimum absolute atomic E-state index is 0.248. The van der Waals surface area contributed by atoms with Crippen LogP contribution >= 0.6 is 33.9 Å². The van der Waals surface area contributed by atoms with E-state index in [2.05, 4.69) is 27.9 Å². The van der Waals surface area contributed by atoms with Crippen LogP contribution < -0.4 is 34.4 Å². The zero-order valence-electron chi connectivity index (χ0n) is 27.2. The van der Waals surface area contributed by atoms with Gasteiger partial charge in [0.1, 0.15) is 12.4 Å². The molecule has 244 valence electrons. The maximum Gasteiger partial charge on any atom is 0.271 e. The first-order valence-electron chi connectivity index (χ1n) is 15.3. The van der Waals surface area contributed by atoms with Gasteiger partial charge in [0.25, 0.3) is 11.5 Å². The SMILES string of the molecule is COc1ccc([C@@H]2C(C(=O)Nc3ccc(C)cc3C)=C(C)N=c3s/c(=C/c4cc(I)c(OCc5ccccc5)c(OC)c4)c(=O)n32)cc1. The van der Waals surface area contributed by atoms with Gasteiger partial charge >= 0.3 is 0 Å². The number of ether oxygens (including phenoxy) is 3. The lowest BCUT2D eigenvalue weighted by Crippen LogP contribution is -2.40. The summed E-state index contributed by atoms with van der Waals surface area (Å²) in [6, 6.07) is 26.3. The van der Waals surface area contributed by atoms with Crippen molar-refractivity contribution in [2.24, 2.45) is 4.99 Å². The quantitative estimate of drug-likeness (QED) is 0.169. The summed E-state index contributed by atoms with van der Waals surface area (Å²) in [5.74, 6) is 1.56. The number of thiazole rings is 1. The topological polar surface area (TPSA) is 91.2 Å². The van der Waals surface area contributed by atoms with Crippen LogP contribution in [0.15, 0.2) is 106 Å². The lowest BCUT2D eigenvalue weighted by Gasteiger charge is -2.25. The predicted octanol–water partition coefficient (Wildman–Crippen LogP) is 6.69. The molecule has 1 aromatic heterocycles. The second-order valence-electron chi connectivity index (χ2n) is 11.4. The number of carbonyl (C=O) groups excluding carboxylic acids is 1. The summed E-state index contributed by atoms with van der Waals surface area (Å²) in [5.41, 5.74) is 6.03. The molecule has 0 aliphatic carbocycles. The van der Waals surface area contributed by atoms with E-state index in [-0.39, 0.29) is 11.5 Å². The number of rotatable bonds is 9. The molecule has 1 aliphatic heterocycles. The number of halogens is 1. The molecule has 0 radical (unpaired) electrons. The summed E-state index contributed by atoms with van der Waals surface area (Å²) in [6.07, 6.45) is 1.83. The van der Waals surface area contributed by atoms with Gasteiger partial charge in [0.05, 0.1) is 39.6 Å². The van der Waals surface area contributed by atoms with Crippen molar-refractivity contribution in [1.82, 2.24) is 4.57 Å². The van der Waals surface area contributed by atoms with Gasteiger partial charge in [-0.2, -0.15) is 0 Å². The Bertz CT molecular complexity index is 2220. The fourth-order valence-corrected chi connectivity index (χ4v) is 7.53. The molecular formula is C38H34IN3O5S. The summed E-state index contributed by atoms with van der Waals surface area (Å²) < 4.78 is 20.2. The molecule has 48 heavy (non-hydrogen) atoms. The molecule has 0 unspecified atom stereocenters. The summed E-state index contributed by atoms with van der Waals surface area (Å²) in [7, 11) is 3.20. The zero-order chi connectivity index (χ0) is 33.9. The Balaban J connectivity index is 1.41. The highest BCUT2D eigenvalue weighted by Crippen LogP contribution is 2.35. The summed E-state index contributed by atoms with van der Waals surface area (Å²) in [4.78, 5) is 33.6. The normalized spacial score (nSPS) is 14.3. The van der Waals surface area contributed by atoms with Crippen molar-refractivity contribution in [3.05, 3.63) is 147 Å². The number of nitrogens with one attached hydrogen (secondary N) is 1. The maximum atomic E-state index is 14.3. The van der Waals surface area contributed by atoms with E-state index in [1.807, 2.05) is 112 Å². The Hall–Kier alpha value is -4.68. The molecule has 0 bridgehead atoms. The number of aromatic nitrogens is 1. The Kier molecular flexibility index (Phi) is 9.83. The Morgan fingerprint density at radius 3 is 2.42 bits per heavy atom. The minimum atomic E-state index is -0.705. The van der Waals surface area contributed by atoms with Crippen LogP contribution in [0.4, 0.5) is 5.69 Å². The van der Waals surface area contributed by atoms with Crippen molar-refractivity contribution in [2.75, 3.05) is 19.5 Å².